The van der Waals surface area contributed by atoms with Crippen molar-refractivity contribution in [3.05, 3.63) is 35.4 Å². The predicted molar refractivity (Wildman–Crippen MR) is 58.0 cm³/mol. The van der Waals surface area contributed by atoms with Crippen molar-refractivity contribution in [1.82, 2.24) is 0 Å². The van der Waals surface area contributed by atoms with Crippen LogP contribution < -0.4 is 5.73 Å². The third kappa shape index (κ3) is 2.91. The molecule has 0 saturated heterocycles. The average Bonchev–Trinajstić information content (AvgIpc) is 2.35. The van der Waals surface area contributed by atoms with Crippen molar-refractivity contribution < 1.29 is 4.79 Å². The van der Waals surface area contributed by atoms with Gasteiger partial charge in [-0.05, 0) is 5.56 Å². The third-order valence-corrected chi connectivity index (χ3v) is 2.21. The number of hydrogen-bond donors (Lipinski definition) is 1. The van der Waals surface area contributed by atoms with E-state index in [0.29, 0.717) is 12.1 Å². The normalized spacial score (nSPS) is 9.50. The fourth-order valence-electron chi connectivity index (χ4n) is 1.25. The average molecular weight is 213 g/mol. The summed E-state index contributed by atoms with van der Waals surface area (Å²) in [5.41, 5.74) is 6.87. The molecule has 0 bridgehead atoms. The number of nitriles is 2. The van der Waals surface area contributed by atoms with Gasteiger partial charge >= 0.3 is 0 Å². The summed E-state index contributed by atoms with van der Waals surface area (Å²) in [6, 6.07) is 10.4. The molecule has 0 amide bonds. The third-order valence-electron chi connectivity index (χ3n) is 2.21. The molecule has 4 heteroatoms. The Morgan fingerprint density at radius 2 is 1.81 bits per heavy atom. The van der Waals surface area contributed by atoms with Gasteiger partial charge in [0.2, 0.25) is 0 Å². The first kappa shape index (κ1) is 11.9. The van der Waals surface area contributed by atoms with Gasteiger partial charge in [0.25, 0.3) is 0 Å². The molecule has 0 aromatic heterocycles. The summed E-state index contributed by atoms with van der Waals surface area (Å²) in [5.74, 6) is -1.07. The molecule has 0 atom stereocenters. The van der Waals surface area contributed by atoms with Gasteiger partial charge in [-0.1, -0.05) is 24.3 Å². The van der Waals surface area contributed by atoms with E-state index in [-0.39, 0.29) is 12.2 Å². The minimum absolute atomic E-state index is 0.0605. The summed E-state index contributed by atoms with van der Waals surface area (Å²) >= 11 is 0. The lowest BCUT2D eigenvalue weighted by Gasteiger charge is -2.02. The van der Waals surface area contributed by atoms with Crippen molar-refractivity contribution in [2.45, 2.75) is 13.0 Å². The van der Waals surface area contributed by atoms with Crippen LogP contribution in [0.4, 0.5) is 0 Å². The Balaban J connectivity index is 2.75. The lowest BCUT2D eigenvalue weighted by atomic mass is 10.00. The van der Waals surface area contributed by atoms with E-state index < -0.39 is 5.92 Å². The second kappa shape index (κ2) is 5.65. The fourth-order valence-corrected chi connectivity index (χ4v) is 1.25. The van der Waals surface area contributed by atoms with Gasteiger partial charge in [0.05, 0.1) is 12.1 Å². The van der Waals surface area contributed by atoms with Crippen LogP contribution in [0.1, 0.15) is 22.3 Å². The SMILES string of the molecule is N#CC(C#N)CC(=O)c1ccc(CN)cc1. The molecule has 0 unspecified atom stereocenters. The van der Waals surface area contributed by atoms with Gasteiger partial charge in [0, 0.05) is 18.5 Å². The molecule has 1 rings (SSSR count). The van der Waals surface area contributed by atoms with E-state index in [9.17, 15) is 4.79 Å². The van der Waals surface area contributed by atoms with E-state index in [0.717, 1.165) is 5.56 Å². The molecule has 0 saturated carbocycles. The quantitative estimate of drug-likeness (QED) is 0.765. The Bertz CT molecular complexity index is 437. The van der Waals surface area contributed by atoms with E-state index in [1.807, 2.05) is 0 Å². The molecule has 2 N–H and O–H groups in total. The van der Waals surface area contributed by atoms with Gasteiger partial charge in [0.15, 0.2) is 5.78 Å². The molecular weight excluding hydrogens is 202 g/mol. The second-order valence-corrected chi connectivity index (χ2v) is 3.34. The van der Waals surface area contributed by atoms with Crippen LogP contribution in [0.3, 0.4) is 0 Å². The van der Waals surface area contributed by atoms with E-state index >= 15 is 0 Å². The molecule has 0 fully saturated rings. The highest BCUT2D eigenvalue weighted by Crippen LogP contribution is 2.10. The van der Waals surface area contributed by atoms with Crippen LogP contribution in [-0.2, 0) is 6.54 Å². The molecule has 0 heterocycles. The maximum atomic E-state index is 11.6. The minimum atomic E-state index is -0.873. The van der Waals surface area contributed by atoms with Gasteiger partial charge in [0.1, 0.15) is 5.92 Å². The highest BCUT2D eigenvalue weighted by molar-refractivity contribution is 5.96. The molecule has 0 spiro atoms. The lowest BCUT2D eigenvalue weighted by Crippen LogP contribution is -2.06. The molecular formula is C12H11N3O. The Hall–Kier alpha value is -2.17. The molecule has 0 aliphatic carbocycles. The van der Waals surface area contributed by atoms with Gasteiger partial charge in [-0.15, -0.1) is 0 Å². The highest BCUT2D eigenvalue weighted by atomic mass is 16.1. The zero-order valence-corrected chi connectivity index (χ0v) is 8.68. The van der Waals surface area contributed by atoms with Crippen LogP contribution in [0.25, 0.3) is 0 Å². The summed E-state index contributed by atoms with van der Waals surface area (Å²) in [7, 11) is 0. The number of nitrogens with two attached hydrogens (primary N) is 1. The Morgan fingerprint density at radius 1 is 1.25 bits per heavy atom. The number of benzene rings is 1. The van der Waals surface area contributed by atoms with Gasteiger partial charge in [-0.25, -0.2) is 0 Å². The molecule has 0 aliphatic heterocycles. The maximum absolute atomic E-state index is 11.6. The van der Waals surface area contributed by atoms with Crippen LogP contribution in [0.5, 0.6) is 0 Å². The Labute approximate surface area is 93.9 Å². The molecule has 1 aromatic rings. The first-order valence-electron chi connectivity index (χ1n) is 4.82. The summed E-state index contributed by atoms with van der Waals surface area (Å²) < 4.78 is 0. The number of carbonyl (C=O) groups is 1. The van der Waals surface area contributed by atoms with Gasteiger partial charge in [-0.2, -0.15) is 10.5 Å². The summed E-state index contributed by atoms with van der Waals surface area (Å²) in [5, 5.41) is 17.1. The fraction of sp³-hybridized carbons (Fsp3) is 0.250. The first-order chi connectivity index (χ1) is 7.71. The second-order valence-electron chi connectivity index (χ2n) is 3.34. The summed E-state index contributed by atoms with van der Waals surface area (Å²) in [6.07, 6.45) is -0.0605. The zero-order valence-electron chi connectivity index (χ0n) is 8.68. The van der Waals surface area contributed by atoms with Gasteiger partial charge < -0.3 is 5.73 Å². The molecule has 80 valence electrons. The van der Waals surface area contributed by atoms with Crippen molar-refractivity contribution >= 4 is 5.78 Å². The number of nitrogens with zero attached hydrogens (tertiary/aromatic N) is 2. The number of Topliss-reactive ketones (excluding diaryl/α,β-unsaturated/α-hetero) is 1. The topological polar surface area (TPSA) is 90.7 Å². The molecule has 16 heavy (non-hydrogen) atoms. The van der Waals surface area contributed by atoms with Gasteiger partial charge in [-0.3, -0.25) is 4.79 Å². The van der Waals surface area contributed by atoms with Crippen molar-refractivity contribution in [3.8, 4) is 12.1 Å². The molecule has 4 nitrogen and oxygen atoms in total. The van der Waals surface area contributed by atoms with Crippen molar-refractivity contribution in [2.24, 2.45) is 11.7 Å². The van der Waals surface area contributed by atoms with E-state index in [2.05, 4.69) is 0 Å². The van der Waals surface area contributed by atoms with E-state index in [1.165, 1.54) is 0 Å². The van der Waals surface area contributed by atoms with Crippen LogP contribution in [0.2, 0.25) is 0 Å². The smallest absolute Gasteiger partial charge is 0.165 e. The Kier molecular flexibility index (Phi) is 4.20. The van der Waals surface area contributed by atoms with Crippen LogP contribution in [0.15, 0.2) is 24.3 Å². The number of rotatable bonds is 4. The van der Waals surface area contributed by atoms with Crippen molar-refractivity contribution in [1.29, 1.82) is 10.5 Å². The van der Waals surface area contributed by atoms with E-state index in [1.54, 1.807) is 36.4 Å². The lowest BCUT2D eigenvalue weighted by molar-refractivity contribution is 0.0976. The monoisotopic (exact) mass is 213 g/mol. The predicted octanol–water partition coefficient (Wildman–Crippen LogP) is 1.38. The number of carbonyl (C=O) groups excluding carboxylic acids is 1. The highest BCUT2D eigenvalue weighted by Gasteiger charge is 2.13. The molecule has 1 aromatic carbocycles. The van der Waals surface area contributed by atoms with E-state index in [4.69, 9.17) is 16.3 Å². The first-order valence-corrected chi connectivity index (χ1v) is 4.82. The van der Waals surface area contributed by atoms with Crippen LogP contribution in [0, 0.1) is 28.6 Å². The van der Waals surface area contributed by atoms with Crippen LogP contribution >= 0.6 is 0 Å². The number of ketones is 1. The minimum Gasteiger partial charge on any atom is -0.326 e. The molecule has 0 radical (unpaired) electrons. The largest absolute Gasteiger partial charge is 0.326 e. The zero-order chi connectivity index (χ0) is 12.0. The van der Waals surface area contributed by atoms with Crippen molar-refractivity contribution in [2.75, 3.05) is 0 Å². The Morgan fingerprint density at radius 3 is 2.25 bits per heavy atom. The summed E-state index contributed by atoms with van der Waals surface area (Å²) in [4.78, 5) is 11.6. The molecule has 0 aliphatic rings. The number of hydrogen-bond acceptors (Lipinski definition) is 4. The van der Waals surface area contributed by atoms with Crippen LogP contribution in [-0.4, -0.2) is 5.78 Å². The maximum Gasteiger partial charge on any atom is 0.165 e. The van der Waals surface area contributed by atoms with Crippen molar-refractivity contribution in [3.63, 3.8) is 0 Å². The standard InChI is InChI=1S/C12H11N3O/c13-6-9-1-3-11(4-2-9)12(16)5-10(7-14)8-15/h1-4,10H,5-6,13H2. The summed E-state index contributed by atoms with van der Waals surface area (Å²) in [6.45, 7) is 0.424.